The van der Waals surface area contributed by atoms with Crippen LogP contribution >= 0.6 is 23.1 Å². The number of aromatic nitrogens is 2. The van der Waals surface area contributed by atoms with Gasteiger partial charge in [-0.1, -0.05) is 41.6 Å². The molecule has 26 heavy (non-hydrogen) atoms. The van der Waals surface area contributed by atoms with Gasteiger partial charge in [0, 0.05) is 10.9 Å². The van der Waals surface area contributed by atoms with Crippen molar-refractivity contribution in [1.82, 2.24) is 9.97 Å². The maximum Gasteiger partial charge on any atom is 0.371 e. The summed E-state index contributed by atoms with van der Waals surface area (Å²) >= 11 is 3.10. The zero-order valence-corrected chi connectivity index (χ0v) is 15.4. The largest absolute Gasteiger partial charge is 0.475 e. The van der Waals surface area contributed by atoms with Crippen molar-refractivity contribution < 1.29 is 14.3 Å². The van der Waals surface area contributed by atoms with Gasteiger partial charge in [-0.05, 0) is 24.6 Å². The summed E-state index contributed by atoms with van der Waals surface area (Å²) < 4.78 is 5.33. The monoisotopic (exact) mass is 382 g/mol. The summed E-state index contributed by atoms with van der Waals surface area (Å²) in [5.41, 5.74) is 3.45. The summed E-state index contributed by atoms with van der Waals surface area (Å²) in [7, 11) is 0. The predicted molar refractivity (Wildman–Crippen MR) is 103 cm³/mol. The van der Waals surface area contributed by atoms with E-state index in [-0.39, 0.29) is 5.76 Å². The van der Waals surface area contributed by atoms with Crippen LogP contribution in [-0.4, -0.2) is 21.0 Å². The fourth-order valence-electron chi connectivity index (χ4n) is 2.61. The summed E-state index contributed by atoms with van der Waals surface area (Å²) in [6, 6.07) is 11.5. The number of carbonyl (C=O) groups is 1. The molecule has 0 aliphatic carbocycles. The lowest BCUT2D eigenvalue weighted by molar-refractivity contribution is 0.0661. The molecule has 7 heteroatoms. The molecule has 5 nitrogen and oxygen atoms in total. The lowest BCUT2D eigenvalue weighted by atomic mass is 10.1. The minimum atomic E-state index is -1.06. The van der Waals surface area contributed by atoms with Gasteiger partial charge in [0.2, 0.25) is 5.76 Å². The van der Waals surface area contributed by atoms with Gasteiger partial charge >= 0.3 is 5.97 Å². The fourth-order valence-corrected chi connectivity index (χ4v) is 4.50. The molecule has 0 bridgehead atoms. The van der Waals surface area contributed by atoms with E-state index in [4.69, 9.17) is 9.52 Å². The van der Waals surface area contributed by atoms with E-state index in [2.05, 4.69) is 46.5 Å². The molecule has 0 saturated carbocycles. The molecule has 4 aromatic rings. The third kappa shape index (κ3) is 3.23. The number of thioether (sulfide) groups is 1. The summed E-state index contributed by atoms with van der Waals surface area (Å²) in [6.07, 6.45) is 1.56. The molecule has 1 aromatic carbocycles. The first kappa shape index (κ1) is 16.8. The lowest BCUT2D eigenvalue weighted by Gasteiger charge is -2.05. The van der Waals surface area contributed by atoms with E-state index in [0.29, 0.717) is 11.5 Å². The predicted octanol–water partition coefficient (Wildman–Crippen LogP) is 5.25. The fraction of sp³-hybridized carbons (Fsp3) is 0.105. The Kier molecular flexibility index (Phi) is 4.48. The highest BCUT2D eigenvalue weighted by Crippen LogP contribution is 2.38. The zero-order valence-electron chi connectivity index (χ0n) is 13.8. The Labute approximate surface area is 157 Å². The highest BCUT2D eigenvalue weighted by atomic mass is 32.2. The maximum atomic E-state index is 10.9. The summed E-state index contributed by atoms with van der Waals surface area (Å²) in [5, 5.41) is 12.9. The number of benzene rings is 1. The van der Waals surface area contributed by atoms with Crippen molar-refractivity contribution in [3.05, 3.63) is 65.2 Å². The zero-order chi connectivity index (χ0) is 18.1. The van der Waals surface area contributed by atoms with Crippen molar-refractivity contribution in [1.29, 1.82) is 0 Å². The Hall–Kier alpha value is -2.64. The second-order valence-corrected chi connectivity index (χ2v) is 7.56. The molecular weight excluding hydrogens is 368 g/mol. The Morgan fingerprint density at radius 1 is 1.19 bits per heavy atom. The number of fused-ring (bicyclic) bond motifs is 1. The average Bonchev–Trinajstić information content (AvgIpc) is 3.28. The molecule has 0 aliphatic heterocycles. The van der Waals surface area contributed by atoms with Crippen LogP contribution in [0.2, 0.25) is 0 Å². The molecule has 4 rings (SSSR count). The molecule has 1 N–H and O–H groups in total. The standard InChI is InChI=1S/C19H14N2O3S2/c1-11-2-4-12(5-3-11)14-9-26-18-16(14)17(20-10-21-18)25-8-13-6-7-15(24-13)19(22)23/h2-7,9-10H,8H2,1H3,(H,22,23). The van der Waals surface area contributed by atoms with Gasteiger partial charge in [-0.2, -0.15) is 0 Å². The Morgan fingerprint density at radius 2 is 2.00 bits per heavy atom. The highest BCUT2D eigenvalue weighted by molar-refractivity contribution is 7.98. The van der Waals surface area contributed by atoms with Crippen LogP contribution in [0, 0.1) is 6.92 Å². The van der Waals surface area contributed by atoms with Crippen molar-refractivity contribution in [2.45, 2.75) is 17.7 Å². The van der Waals surface area contributed by atoms with Crippen molar-refractivity contribution in [3.63, 3.8) is 0 Å². The number of furan rings is 1. The van der Waals surface area contributed by atoms with Gasteiger partial charge in [0.15, 0.2) is 0 Å². The maximum absolute atomic E-state index is 10.9. The SMILES string of the molecule is Cc1ccc(-c2csc3ncnc(SCc4ccc(C(=O)O)o4)c23)cc1. The van der Waals surface area contributed by atoms with Crippen LogP contribution in [0.4, 0.5) is 0 Å². The van der Waals surface area contributed by atoms with Crippen molar-refractivity contribution >= 4 is 39.3 Å². The summed E-state index contributed by atoms with van der Waals surface area (Å²) in [4.78, 5) is 20.7. The van der Waals surface area contributed by atoms with Gasteiger partial charge < -0.3 is 9.52 Å². The van der Waals surface area contributed by atoms with Gasteiger partial charge in [0.1, 0.15) is 21.9 Å². The molecule has 3 aromatic heterocycles. The van der Waals surface area contributed by atoms with E-state index in [1.54, 1.807) is 23.7 Å². The minimum absolute atomic E-state index is 0.0516. The third-order valence-electron chi connectivity index (χ3n) is 3.92. The van der Waals surface area contributed by atoms with Gasteiger partial charge in [0.05, 0.1) is 11.1 Å². The van der Waals surface area contributed by atoms with Crippen LogP contribution < -0.4 is 0 Å². The lowest BCUT2D eigenvalue weighted by Crippen LogP contribution is -1.91. The van der Waals surface area contributed by atoms with Crippen LogP contribution in [0.15, 0.2) is 57.5 Å². The van der Waals surface area contributed by atoms with E-state index in [1.807, 2.05) is 0 Å². The smallest absolute Gasteiger partial charge is 0.371 e. The van der Waals surface area contributed by atoms with Crippen LogP contribution in [0.25, 0.3) is 21.3 Å². The number of thiophene rings is 1. The second-order valence-electron chi connectivity index (χ2n) is 5.73. The molecular formula is C19H14N2O3S2. The van der Waals surface area contributed by atoms with Gasteiger partial charge in [0.25, 0.3) is 0 Å². The number of carboxylic acids is 1. The van der Waals surface area contributed by atoms with Gasteiger partial charge in [-0.3, -0.25) is 0 Å². The number of hydrogen-bond acceptors (Lipinski definition) is 6. The topological polar surface area (TPSA) is 76.2 Å². The van der Waals surface area contributed by atoms with E-state index < -0.39 is 5.97 Å². The Balaban J connectivity index is 1.67. The van der Waals surface area contributed by atoms with Gasteiger partial charge in [-0.15, -0.1) is 11.3 Å². The number of carboxylic acid groups (broad SMARTS) is 1. The first-order chi connectivity index (χ1) is 12.6. The number of aryl methyl sites for hydroxylation is 1. The van der Waals surface area contributed by atoms with E-state index in [1.165, 1.54) is 23.4 Å². The van der Waals surface area contributed by atoms with Crippen molar-refractivity contribution in [3.8, 4) is 11.1 Å². The molecule has 0 radical (unpaired) electrons. The molecule has 0 spiro atoms. The van der Waals surface area contributed by atoms with Crippen LogP contribution in [0.1, 0.15) is 21.9 Å². The van der Waals surface area contributed by atoms with E-state index >= 15 is 0 Å². The molecule has 0 unspecified atom stereocenters. The molecule has 130 valence electrons. The minimum Gasteiger partial charge on any atom is -0.475 e. The van der Waals surface area contributed by atoms with Crippen LogP contribution in [0.5, 0.6) is 0 Å². The molecule has 0 fully saturated rings. The first-order valence-electron chi connectivity index (χ1n) is 7.86. The van der Waals surface area contributed by atoms with E-state index in [0.717, 1.165) is 26.4 Å². The normalized spacial score (nSPS) is 11.1. The Bertz CT molecular complexity index is 1080. The summed E-state index contributed by atoms with van der Waals surface area (Å²) in [6.45, 7) is 2.06. The molecule has 0 atom stereocenters. The first-order valence-corrected chi connectivity index (χ1v) is 9.72. The number of aromatic carboxylic acids is 1. The Morgan fingerprint density at radius 3 is 2.73 bits per heavy atom. The number of hydrogen-bond donors (Lipinski definition) is 1. The second kappa shape index (κ2) is 6.93. The summed E-state index contributed by atoms with van der Waals surface area (Å²) in [5.74, 6) is -0.0106. The van der Waals surface area contributed by atoms with Crippen molar-refractivity contribution in [2.24, 2.45) is 0 Å². The number of rotatable bonds is 5. The highest BCUT2D eigenvalue weighted by Gasteiger charge is 2.15. The average molecular weight is 382 g/mol. The van der Waals surface area contributed by atoms with Crippen molar-refractivity contribution in [2.75, 3.05) is 0 Å². The molecule has 0 saturated heterocycles. The number of nitrogens with zero attached hydrogens (tertiary/aromatic N) is 2. The van der Waals surface area contributed by atoms with Crippen LogP contribution in [-0.2, 0) is 5.75 Å². The molecule has 0 aliphatic rings. The molecule has 0 amide bonds. The van der Waals surface area contributed by atoms with Gasteiger partial charge in [-0.25, -0.2) is 14.8 Å². The molecule has 3 heterocycles. The van der Waals surface area contributed by atoms with Crippen LogP contribution in [0.3, 0.4) is 0 Å². The van der Waals surface area contributed by atoms with E-state index in [9.17, 15) is 4.79 Å². The quantitative estimate of drug-likeness (QED) is 0.375. The third-order valence-corrected chi connectivity index (χ3v) is 5.82.